The van der Waals surface area contributed by atoms with E-state index < -0.39 is 5.54 Å². The van der Waals surface area contributed by atoms with E-state index >= 15 is 0 Å². The Hall–Kier alpha value is -0.610. The Morgan fingerprint density at radius 3 is 2.45 bits per heavy atom. The molecule has 0 fully saturated rings. The van der Waals surface area contributed by atoms with Gasteiger partial charge in [-0.15, -0.1) is 0 Å². The van der Waals surface area contributed by atoms with Crippen LogP contribution in [0.4, 0.5) is 0 Å². The van der Waals surface area contributed by atoms with E-state index in [2.05, 4.69) is 5.32 Å². The summed E-state index contributed by atoms with van der Waals surface area (Å²) in [6.07, 6.45) is 0. The predicted octanol–water partition coefficient (Wildman–Crippen LogP) is -0.779. The van der Waals surface area contributed by atoms with E-state index in [0.29, 0.717) is 0 Å². The zero-order valence-electron chi connectivity index (χ0n) is 7.22. The maximum Gasteiger partial charge on any atom is 0.239 e. The molecule has 0 heterocycles. The number of carbonyl (C=O) groups excluding carboxylic acids is 1. The summed E-state index contributed by atoms with van der Waals surface area (Å²) in [5.74, 6) is -0.251. The van der Waals surface area contributed by atoms with E-state index in [0.717, 1.165) is 0 Å². The minimum atomic E-state index is -0.872. The van der Waals surface area contributed by atoms with Crippen LogP contribution in [-0.2, 0) is 4.79 Å². The molecule has 0 aliphatic rings. The van der Waals surface area contributed by atoms with Crippen LogP contribution in [-0.4, -0.2) is 29.2 Å². The Kier molecular flexibility index (Phi) is 3.48. The molecule has 0 aliphatic heterocycles. The van der Waals surface area contributed by atoms with Crippen LogP contribution in [0.15, 0.2) is 0 Å². The molecule has 11 heavy (non-hydrogen) atoms. The summed E-state index contributed by atoms with van der Waals surface area (Å²) in [6.45, 7) is 4.88. The van der Waals surface area contributed by atoms with E-state index in [1.807, 2.05) is 0 Å². The third-order valence-corrected chi connectivity index (χ3v) is 1.24. The molecule has 0 saturated heterocycles. The molecule has 0 aliphatic carbocycles. The first-order valence-electron chi connectivity index (χ1n) is 3.58. The molecule has 0 bridgehead atoms. The first-order valence-corrected chi connectivity index (χ1v) is 3.58. The normalized spacial score (nSPS) is 14.3. The van der Waals surface area contributed by atoms with Crippen molar-refractivity contribution in [1.82, 2.24) is 5.32 Å². The molecule has 0 aromatic rings. The lowest BCUT2D eigenvalue weighted by Crippen LogP contribution is -2.52. The van der Waals surface area contributed by atoms with Crippen molar-refractivity contribution < 1.29 is 9.90 Å². The Balaban J connectivity index is 3.88. The molecule has 66 valence electrons. The van der Waals surface area contributed by atoms with Gasteiger partial charge in [0.25, 0.3) is 0 Å². The van der Waals surface area contributed by atoms with Crippen molar-refractivity contribution in [2.75, 3.05) is 6.61 Å². The number of hydrogen-bond acceptors (Lipinski definition) is 3. The second kappa shape index (κ2) is 3.69. The van der Waals surface area contributed by atoms with Crippen molar-refractivity contribution in [1.29, 1.82) is 0 Å². The van der Waals surface area contributed by atoms with Crippen LogP contribution in [0.5, 0.6) is 0 Å². The molecular weight excluding hydrogens is 144 g/mol. The van der Waals surface area contributed by atoms with E-state index in [-0.39, 0.29) is 18.6 Å². The summed E-state index contributed by atoms with van der Waals surface area (Å²) in [4.78, 5) is 11.1. The molecule has 0 radical (unpaired) electrons. The van der Waals surface area contributed by atoms with E-state index in [1.54, 1.807) is 20.8 Å². The second-order valence-corrected chi connectivity index (χ2v) is 3.28. The lowest BCUT2D eigenvalue weighted by atomic mass is 10.1. The average Bonchev–Trinajstić information content (AvgIpc) is 1.85. The van der Waals surface area contributed by atoms with Crippen LogP contribution in [0, 0.1) is 0 Å². The predicted molar refractivity (Wildman–Crippen MR) is 43.0 cm³/mol. The van der Waals surface area contributed by atoms with Gasteiger partial charge in [0.2, 0.25) is 5.91 Å². The number of amides is 1. The molecule has 4 nitrogen and oxygen atoms in total. The summed E-state index contributed by atoms with van der Waals surface area (Å²) in [7, 11) is 0. The second-order valence-electron chi connectivity index (χ2n) is 3.28. The minimum Gasteiger partial charge on any atom is -0.394 e. The average molecular weight is 160 g/mol. The number of rotatable bonds is 3. The summed E-state index contributed by atoms with van der Waals surface area (Å²) in [5, 5.41) is 11.1. The maximum atomic E-state index is 11.1. The van der Waals surface area contributed by atoms with Gasteiger partial charge in [0.15, 0.2) is 0 Å². The number of aliphatic hydroxyl groups excluding tert-OH is 1. The zero-order chi connectivity index (χ0) is 9.07. The number of nitrogens with two attached hydrogens (primary N) is 1. The Morgan fingerprint density at radius 2 is 2.18 bits per heavy atom. The molecule has 0 aromatic carbocycles. The summed E-state index contributed by atoms with van der Waals surface area (Å²) in [5.41, 5.74) is 4.62. The third kappa shape index (κ3) is 3.95. The van der Waals surface area contributed by atoms with Crippen LogP contribution in [0.25, 0.3) is 0 Å². The smallest absolute Gasteiger partial charge is 0.239 e. The standard InChI is InChI=1S/C7H16N2O2/c1-5(4-10)9-6(11)7(2,3)8/h5,10H,4,8H2,1-3H3,(H,9,11)/t5-/m1/s1. The van der Waals surface area contributed by atoms with Gasteiger partial charge in [-0.3, -0.25) is 4.79 Å². The van der Waals surface area contributed by atoms with Gasteiger partial charge in [0.05, 0.1) is 12.1 Å². The fraction of sp³-hybridized carbons (Fsp3) is 0.857. The highest BCUT2D eigenvalue weighted by atomic mass is 16.3. The fourth-order valence-electron chi connectivity index (χ4n) is 0.455. The van der Waals surface area contributed by atoms with Gasteiger partial charge < -0.3 is 16.2 Å². The van der Waals surface area contributed by atoms with Crippen molar-refractivity contribution in [3.63, 3.8) is 0 Å². The van der Waals surface area contributed by atoms with Gasteiger partial charge in [-0.2, -0.15) is 0 Å². The monoisotopic (exact) mass is 160 g/mol. The number of nitrogens with one attached hydrogen (secondary N) is 1. The Bertz CT molecular complexity index is 140. The van der Waals surface area contributed by atoms with Gasteiger partial charge in [0.1, 0.15) is 0 Å². The van der Waals surface area contributed by atoms with Gasteiger partial charge in [0, 0.05) is 6.04 Å². The van der Waals surface area contributed by atoms with Crippen LogP contribution in [0.2, 0.25) is 0 Å². The quantitative estimate of drug-likeness (QED) is 0.507. The fourth-order valence-corrected chi connectivity index (χ4v) is 0.455. The van der Waals surface area contributed by atoms with Crippen LogP contribution in [0.3, 0.4) is 0 Å². The lowest BCUT2D eigenvalue weighted by molar-refractivity contribution is -0.126. The van der Waals surface area contributed by atoms with Crippen molar-refractivity contribution in [2.45, 2.75) is 32.4 Å². The molecule has 0 spiro atoms. The SMILES string of the molecule is C[C@H](CO)NC(=O)C(C)(C)N. The Morgan fingerprint density at radius 1 is 1.73 bits per heavy atom. The molecule has 0 unspecified atom stereocenters. The summed E-state index contributed by atoms with van der Waals surface area (Å²) in [6, 6.07) is -0.231. The molecule has 1 atom stereocenters. The molecule has 4 heteroatoms. The van der Waals surface area contributed by atoms with Gasteiger partial charge in [-0.1, -0.05) is 0 Å². The van der Waals surface area contributed by atoms with Crippen molar-refractivity contribution in [3.05, 3.63) is 0 Å². The summed E-state index contributed by atoms with van der Waals surface area (Å²) >= 11 is 0. The molecule has 1 amide bonds. The van der Waals surface area contributed by atoms with Gasteiger partial charge >= 0.3 is 0 Å². The summed E-state index contributed by atoms with van der Waals surface area (Å²) < 4.78 is 0. The first kappa shape index (κ1) is 10.4. The van der Waals surface area contributed by atoms with Crippen molar-refractivity contribution >= 4 is 5.91 Å². The van der Waals surface area contributed by atoms with Crippen LogP contribution >= 0.6 is 0 Å². The minimum absolute atomic E-state index is 0.0676. The largest absolute Gasteiger partial charge is 0.394 e. The molecule has 0 aromatic heterocycles. The van der Waals surface area contributed by atoms with E-state index in [9.17, 15) is 4.79 Å². The highest BCUT2D eigenvalue weighted by Gasteiger charge is 2.22. The highest BCUT2D eigenvalue weighted by Crippen LogP contribution is 1.96. The van der Waals surface area contributed by atoms with Crippen molar-refractivity contribution in [2.24, 2.45) is 5.73 Å². The first-order chi connectivity index (χ1) is 4.88. The van der Waals surface area contributed by atoms with E-state index in [1.165, 1.54) is 0 Å². The van der Waals surface area contributed by atoms with E-state index in [4.69, 9.17) is 10.8 Å². The molecule has 4 N–H and O–H groups in total. The third-order valence-electron chi connectivity index (χ3n) is 1.24. The molecule has 0 saturated carbocycles. The highest BCUT2D eigenvalue weighted by molar-refractivity contribution is 5.85. The lowest BCUT2D eigenvalue weighted by Gasteiger charge is -2.20. The van der Waals surface area contributed by atoms with Crippen LogP contribution in [0.1, 0.15) is 20.8 Å². The number of carbonyl (C=O) groups is 1. The maximum absolute atomic E-state index is 11.1. The zero-order valence-corrected chi connectivity index (χ0v) is 7.22. The number of aliphatic hydroxyl groups is 1. The molecular formula is C7H16N2O2. The van der Waals surface area contributed by atoms with Gasteiger partial charge in [-0.25, -0.2) is 0 Å². The Labute approximate surface area is 66.8 Å². The van der Waals surface area contributed by atoms with Crippen LogP contribution < -0.4 is 11.1 Å². The topological polar surface area (TPSA) is 75.3 Å². The van der Waals surface area contributed by atoms with Gasteiger partial charge in [-0.05, 0) is 20.8 Å². The number of hydrogen-bond donors (Lipinski definition) is 3. The van der Waals surface area contributed by atoms with Crippen molar-refractivity contribution in [3.8, 4) is 0 Å². The molecule has 0 rings (SSSR count).